The predicted octanol–water partition coefficient (Wildman–Crippen LogP) is 4.80. The van der Waals surface area contributed by atoms with Crippen molar-refractivity contribution in [3.05, 3.63) is 106 Å². The molecule has 174 valence electrons. The highest BCUT2D eigenvalue weighted by Crippen LogP contribution is 2.24. The average Bonchev–Trinajstić information content (AvgIpc) is 2.83. The maximum absolute atomic E-state index is 13.1. The number of hydrogen-bond donors (Lipinski definition) is 2. The Morgan fingerprint density at radius 3 is 2.29 bits per heavy atom. The van der Waals surface area contributed by atoms with E-state index in [2.05, 4.69) is 10.6 Å². The highest BCUT2D eigenvalue weighted by atomic mass is 16.6. The molecule has 0 fully saturated rings. The summed E-state index contributed by atoms with van der Waals surface area (Å²) in [6, 6.07) is 20.5. The van der Waals surface area contributed by atoms with Crippen molar-refractivity contribution in [1.29, 1.82) is 0 Å². The molecule has 0 aliphatic carbocycles. The van der Waals surface area contributed by atoms with Gasteiger partial charge in [0.2, 0.25) is 5.91 Å². The predicted molar refractivity (Wildman–Crippen MR) is 134 cm³/mol. The van der Waals surface area contributed by atoms with E-state index in [1.54, 1.807) is 36.4 Å². The van der Waals surface area contributed by atoms with E-state index in [-0.39, 0.29) is 23.5 Å². The number of nitro benzene ring substituents is 1. The third kappa shape index (κ3) is 6.29. The van der Waals surface area contributed by atoms with Crippen LogP contribution in [0, 0.1) is 10.1 Å². The first kappa shape index (κ1) is 24.2. The summed E-state index contributed by atoms with van der Waals surface area (Å²) in [5.74, 6) is -0.641. The number of rotatable bonds is 8. The number of carbonyl (C=O) groups excluding carboxylic acids is 2. The molecule has 2 N–H and O–H groups in total. The second-order valence-electron chi connectivity index (χ2n) is 7.90. The molecule has 0 aromatic heterocycles. The van der Waals surface area contributed by atoms with Gasteiger partial charge in [-0.1, -0.05) is 30.3 Å². The molecule has 0 saturated carbocycles. The van der Waals surface area contributed by atoms with Gasteiger partial charge in [-0.15, -0.1) is 0 Å². The summed E-state index contributed by atoms with van der Waals surface area (Å²) in [6.45, 7) is 1.91. The molecular formula is C26H26N4O4. The monoisotopic (exact) mass is 458 g/mol. The number of nitrogens with zero attached hydrogens (tertiary/aromatic N) is 2. The maximum Gasteiger partial charge on any atom is 0.269 e. The van der Waals surface area contributed by atoms with Gasteiger partial charge in [0.1, 0.15) is 0 Å². The van der Waals surface area contributed by atoms with Gasteiger partial charge in [-0.3, -0.25) is 19.7 Å². The molecule has 0 radical (unpaired) electrons. The molecular weight excluding hydrogens is 432 g/mol. The fraction of sp³-hybridized carbons (Fsp3) is 0.154. The van der Waals surface area contributed by atoms with Crippen LogP contribution in [0.2, 0.25) is 0 Å². The number of hydrogen-bond acceptors (Lipinski definition) is 5. The van der Waals surface area contributed by atoms with Crippen molar-refractivity contribution in [1.82, 2.24) is 5.32 Å². The smallest absolute Gasteiger partial charge is 0.269 e. The third-order valence-electron chi connectivity index (χ3n) is 5.17. The Labute approximate surface area is 198 Å². The van der Waals surface area contributed by atoms with Crippen LogP contribution in [0.4, 0.5) is 17.1 Å². The van der Waals surface area contributed by atoms with Gasteiger partial charge in [0.25, 0.3) is 11.6 Å². The second kappa shape index (κ2) is 10.9. The zero-order valence-corrected chi connectivity index (χ0v) is 19.2. The first-order valence-corrected chi connectivity index (χ1v) is 10.7. The summed E-state index contributed by atoms with van der Waals surface area (Å²) in [5, 5.41) is 16.5. The number of nitrogens with one attached hydrogen (secondary N) is 2. The standard InChI is InChI=1S/C26H26N4O4/c1-18(20-7-5-4-6-8-20)27-26(32)23-17-21(12-15-24(23)29(2)3)28-25(31)16-11-19-9-13-22(14-10-19)30(33)34/h4-18H,1-3H3,(H,27,32)(H,28,31)/b16-11+. The molecule has 0 aliphatic heterocycles. The molecule has 3 aromatic rings. The first-order valence-electron chi connectivity index (χ1n) is 10.7. The summed E-state index contributed by atoms with van der Waals surface area (Å²) < 4.78 is 0. The van der Waals surface area contributed by atoms with Crippen LogP contribution in [-0.4, -0.2) is 30.8 Å². The molecule has 3 aromatic carbocycles. The summed E-state index contributed by atoms with van der Waals surface area (Å²) in [5.41, 5.74) is 3.25. The largest absolute Gasteiger partial charge is 0.377 e. The van der Waals surface area contributed by atoms with Crippen LogP contribution in [0.25, 0.3) is 6.08 Å². The van der Waals surface area contributed by atoms with Gasteiger partial charge in [0.05, 0.1) is 16.5 Å². The van der Waals surface area contributed by atoms with Crippen molar-refractivity contribution < 1.29 is 14.5 Å². The zero-order chi connectivity index (χ0) is 24.7. The SMILES string of the molecule is CC(NC(=O)c1cc(NC(=O)/C=C/c2ccc([N+](=O)[O-])cc2)ccc1N(C)C)c1ccccc1. The van der Waals surface area contributed by atoms with Gasteiger partial charge in [-0.05, 0) is 54.5 Å². The van der Waals surface area contributed by atoms with Crippen molar-refractivity contribution in [2.75, 3.05) is 24.3 Å². The zero-order valence-electron chi connectivity index (χ0n) is 19.2. The minimum atomic E-state index is -0.480. The van der Waals surface area contributed by atoms with E-state index in [1.165, 1.54) is 18.2 Å². The van der Waals surface area contributed by atoms with Crippen LogP contribution in [-0.2, 0) is 4.79 Å². The molecule has 1 unspecified atom stereocenters. The lowest BCUT2D eigenvalue weighted by Gasteiger charge is -2.20. The van der Waals surface area contributed by atoms with Crippen LogP contribution < -0.4 is 15.5 Å². The molecule has 3 rings (SSSR count). The van der Waals surface area contributed by atoms with Crippen molar-refractivity contribution in [2.24, 2.45) is 0 Å². The fourth-order valence-electron chi connectivity index (χ4n) is 3.35. The Morgan fingerprint density at radius 1 is 1.00 bits per heavy atom. The average molecular weight is 459 g/mol. The van der Waals surface area contributed by atoms with E-state index in [1.807, 2.05) is 56.3 Å². The van der Waals surface area contributed by atoms with Crippen LogP contribution >= 0.6 is 0 Å². The van der Waals surface area contributed by atoms with Crippen LogP contribution in [0.3, 0.4) is 0 Å². The Bertz CT molecular complexity index is 1210. The normalized spacial score (nSPS) is 11.6. The maximum atomic E-state index is 13.1. The number of benzene rings is 3. The van der Waals surface area contributed by atoms with Crippen LogP contribution in [0.15, 0.2) is 78.9 Å². The molecule has 0 spiro atoms. The van der Waals surface area contributed by atoms with Gasteiger partial charge in [-0.25, -0.2) is 0 Å². The van der Waals surface area contributed by atoms with Crippen molar-refractivity contribution in [3.8, 4) is 0 Å². The highest BCUT2D eigenvalue weighted by molar-refractivity contribution is 6.05. The van der Waals surface area contributed by atoms with E-state index in [0.29, 0.717) is 16.8 Å². The molecule has 34 heavy (non-hydrogen) atoms. The molecule has 0 bridgehead atoms. The lowest BCUT2D eigenvalue weighted by molar-refractivity contribution is -0.384. The Morgan fingerprint density at radius 2 is 1.68 bits per heavy atom. The summed E-state index contributed by atoms with van der Waals surface area (Å²) in [6.07, 6.45) is 2.89. The summed E-state index contributed by atoms with van der Waals surface area (Å²) in [4.78, 5) is 37.6. The van der Waals surface area contributed by atoms with Gasteiger partial charge in [-0.2, -0.15) is 0 Å². The van der Waals surface area contributed by atoms with E-state index in [0.717, 1.165) is 11.3 Å². The fourth-order valence-corrected chi connectivity index (χ4v) is 3.35. The molecule has 1 atom stereocenters. The number of anilines is 2. The molecule has 0 aliphatic rings. The first-order chi connectivity index (χ1) is 16.2. The number of non-ortho nitro benzene ring substituents is 1. The van der Waals surface area contributed by atoms with Gasteiger partial charge in [0, 0.05) is 43.7 Å². The van der Waals surface area contributed by atoms with E-state index >= 15 is 0 Å². The topological polar surface area (TPSA) is 105 Å². The molecule has 8 nitrogen and oxygen atoms in total. The molecule has 2 amide bonds. The van der Waals surface area contributed by atoms with Crippen molar-refractivity contribution in [3.63, 3.8) is 0 Å². The van der Waals surface area contributed by atoms with E-state index in [4.69, 9.17) is 0 Å². The van der Waals surface area contributed by atoms with Gasteiger partial charge >= 0.3 is 0 Å². The second-order valence-corrected chi connectivity index (χ2v) is 7.90. The van der Waals surface area contributed by atoms with E-state index < -0.39 is 4.92 Å². The Kier molecular flexibility index (Phi) is 7.76. The Hall–Kier alpha value is -4.46. The van der Waals surface area contributed by atoms with Crippen LogP contribution in [0.1, 0.15) is 34.5 Å². The number of nitro groups is 1. The molecule has 8 heteroatoms. The summed E-state index contributed by atoms with van der Waals surface area (Å²) in [7, 11) is 3.69. The van der Waals surface area contributed by atoms with Crippen molar-refractivity contribution in [2.45, 2.75) is 13.0 Å². The number of amides is 2. The highest BCUT2D eigenvalue weighted by Gasteiger charge is 2.17. The molecule has 0 saturated heterocycles. The Balaban J connectivity index is 1.73. The van der Waals surface area contributed by atoms with Gasteiger partial charge in [0.15, 0.2) is 0 Å². The summed E-state index contributed by atoms with van der Waals surface area (Å²) >= 11 is 0. The minimum absolute atomic E-state index is 0.0185. The number of carbonyl (C=O) groups is 2. The van der Waals surface area contributed by atoms with E-state index in [9.17, 15) is 19.7 Å². The molecule has 0 heterocycles. The minimum Gasteiger partial charge on any atom is -0.377 e. The lowest BCUT2D eigenvalue weighted by atomic mass is 10.1. The van der Waals surface area contributed by atoms with Crippen molar-refractivity contribution >= 4 is 35.0 Å². The third-order valence-corrected chi connectivity index (χ3v) is 5.17. The lowest BCUT2D eigenvalue weighted by Crippen LogP contribution is -2.28. The quantitative estimate of drug-likeness (QED) is 0.287. The van der Waals surface area contributed by atoms with Crippen LogP contribution in [0.5, 0.6) is 0 Å². The van der Waals surface area contributed by atoms with Gasteiger partial charge < -0.3 is 15.5 Å².